The first-order valence-electron chi connectivity index (χ1n) is 10.7. The van der Waals surface area contributed by atoms with Gasteiger partial charge in [0.1, 0.15) is 0 Å². The molecule has 158 valence electrons. The monoisotopic (exact) mass is 494 g/mol. The van der Waals surface area contributed by atoms with Gasteiger partial charge in [-0.1, -0.05) is 14.9 Å². The minimum absolute atomic E-state index is 0. The molecule has 26 heavy (non-hydrogen) atoms. The summed E-state index contributed by atoms with van der Waals surface area (Å²) in [5.41, 5.74) is 0. The van der Waals surface area contributed by atoms with Gasteiger partial charge < -0.3 is 0 Å². The summed E-state index contributed by atoms with van der Waals surface area (Å²) in [4.78, 5) is 1.62. The van der Waals surface area contributed by atoms with Crippen molar-refractivity contribution in [1.82, 2.24) is 0 Å². The zero-order chi connectivity index (χ0) is 17.6. The quantitative estimate of drug-likeness (QED) is 0.188. The zero-order valence-corrected chi connectivity index (χ0v) is 21.1. The van der Waals surface area contributed by atoms with E-state index in [4.69, 9.17) is 9.47 Å². The first-order valence-corrected chi connectivity index (χ1v) is 19.0. The van der Waals surface area contributed by atoms with E-state index in [1.54, 1.807) is 21.0 Å². The van der Waals surface area contributed by atoms with Crippen LogP contribution in [0.3, 0.4) is 0 Å². The molecular weight excluding hydrogens is 441 g/mol. The van der Waals surface area contributed by atoms with Gasteiger partial charge >= 0.3 is 161 Å². The van der Waals surface area contributed by atoms with E-state index in [9.17, 15) is 0 Å². The molecule has 0 saturated carbocycles. The molecular formula is C22H50Ge2O2. The molecule has 4 heteroatoms. The van der Waals surface area contributed by atoms with Crippen LogP contribution in [0, 0.1) is 0 Å². The molecule has 2 atom stereocenters. The number of unbranched alkanes of at least 4 members (excludes halogenated alkanes) is 4. The summed E-state index contributed by atoms with van der Waals surface area (Å²) in [6.45, 7) is 11.4. The van der Waals surface area contributed by atoms with Gasteiger partial charge in [-0.2, -0.15) is 0 Å². The molecule has 0 aromatic carbocycles. The maximum absolute atomic E-state index is 5.44. The summed E-state index contributed by atoms with van der Waals surface area (Å²) in [5.74, 6) is 0. The van der Waals surface area contributed by atoms with Crippen molar-refractivity contribution < 1.29 is 9.47 Å². The number of epoxide rings is 2. The normalized spacial score (nSPS) is 20.1. The Morgan fingerprint density at radius 3 is 0.962 bits per heavy atom. The van der Waals surface area contributed by atoms with Crippen LogP contribution in [0.5, 0.6) is 0 Å². The summed E-state index contributed by atoms with van der Waals surface area (Å²) >= 11 is -1.44. The Morgan fingerprint density at radius 2 is 0.808 bits per heavy atom. The van der Waals surface area contributed by atoms with Crippen molar-refractivity contribution in [3.05, 3.63) is 0 Å². The molecule has 2 nitrogen and oxygen atoms in total. The van der Waals surface area contributed by atoms with E-state index < -0.39 is 28.7 Å². The summed E-state index contributed by atoms with van der Waals surface area (Å²) in [7, 11) is 0. The molecule has 2 rings (SSSR count). The van der Waals surface area contributed by atoms with Crippen LogP contribution < -0.4 is 0 Å². The van der Waals surface area contributed by atoms with Crippen LogP contribution in [0.4, 0.5) is 0 Å². The van der Waals surface area contributed by atoms with Crippen LogP contribution in [0.25, 0.3) is 0 Å². The summed E-state index contributed by atoms with van der Waals surface area (Å²) in [6.07, 6.45) is 11.3. The Morgan fingerprint density at radius 1 is 0.577 bits per heavy atom. The third-order valence-electron chi connectivity index (χ3n) is 4.98. The zero-order valence-electron chi connectivity index (χ0n) is 16.9. The van der Waals surface area contributed by atoms with Gasteiger partial charge in [-0.15, -0.1) is 0 Å². The Labute approximate surface area is 175 Å². The van der Waals surface area contributed by atoms with Crippen molar-refractivity contribution in [2.24, 2.45) is 0 Å². The molecule has 0 aliphatic carbocycles. The van der Waals surface area contributed by atoms with E-state index in [0.717, 1.165) is 23.1 Å². The van der Waals surface area contributed by atoms with Gasteiger partial charge in [0.15, 0.2) is 0 Å². The standard InChI is InChI=1S/2C10H21GeO.2CH4/c2*1-3-5-7-11(8-6-4-2)10-9-12-10;;/h2*10H,3-9H2,1-2H3;2*1H4. The topological polar surface area (TPSA) is 25.1 Å². The van der Waals surface area contributed by atoms with Crippen molar-refractivity contribution >= 4 is 28.7 Å². The Bertz CT molecular complexity index is 237. The van der Waals surface area contributed by atoms with Gasteiger partial charge in [-0.05, 0) is 0 Å². The molecule has 0 bridgehead atoms. The van der Waals surface area contributed by atoms with Gasteiger partial charge in [0.25, 0.3) is 0 Å². The number of hydrogen-bond donors (Lipinski definition) is 0. The Hall–Kier alpha value is 1.01. The van der Waals surface area contributed by atoms with E-state index in [2.05, 4.69) is 27.7 Å². The second-order valence-corrected chi connectivity index (χ2v) is 19.8. The summed E-state index contributed by atoms with van der Waals surface area (Å²) in [5, 5.41) is 6.23. The van der Waals surface area contributed by atoms with E-state index in [1.807, 2.05) is 0 Å². The fourth-order valence-corrected chi connectivity index (χ4v) is 16.0. The third kappa shape index (κ3) is 15.0. The molecule has 0 N–H and O–H groups in total. The van der Waals surface area contributed by atoms with Gasteiger partial charge in [-0.25, -0.2) is 0 Å². The fraction of sp³-hybridized carbons (Fsp3) is 1.00. The van der Waals surface area contributed by atoms with Gasteiger partial charge in [-0.3, -0.25) is 0 Å². The van der Waals surface area contributed by atoms with Crippen LogP contribution in [-0.4, -0.2) is 51.8 Å². The van der Waals surface area contributed by atoms with Crippen molar-refractivity contribution in [1.29, 1.82) is 0 Å². The van der Waals surface area contributed by atoms with E-state index in [-0.39, 0.29) is 14.9 Å². The molecule has 0 aromatic heterocycles. The van der Waals surface area contributed by atoms with Crippen LogP contribution in [0.15, 0.2) is 0 Å². The molecule has 2 radical (unpaired) electrons. The van der Waals surface area contributed by atoms with Crippen LogP contribution in [0.1, 0.15) is 93.9 Å². The molecule has 2 saturated heterocycles. The van der Waals surface area contributed by atoms with Crippen molar-refractivity contribution in [2.45, 2.75) is 125 Å². The van der Waals surface area contributed by atoms with Crippen molar-refractivity contribution in [3.8, 4) is 0 Å². The third-order valence-corrected chi connectivity index (χ3v) is 18.6. The first-order chi connectivity index (χ1) is 11.8. The molecule has 2 unspecified atom stereocenters. The molecule has 0 aromatic rings. The Kier molecular flexibility index (Phi) is 21.7. The van der Waals surface area contributed by atoms with Crippen LogP contribution in [0.2, 0.25) is 21.0 Å². The Balaban J connectivity index is 0. The number of rotatable bonds is 14. The van der Waals surface area contributed by atoms with E-state index >= 15 is 0 Å². The SMILES string of the molecule is C.C.CCC[CH2][Ge]([CH2]CCC)[CH]1CO1.CCC[CH2][Ge]([CH2]CCC)[CH]1CO1. The predicted molar refractivity (Wildman–Crippen MR) is 123 cm³/mol. The van der Waals surface area contributed by atoms with Gasteiger partial charge in [0, 0.05) is 0 Å². The number of hydrogen-bond acceptors (Lipinski definition) is 2. The molecule has 0 spiro atoms. The second kappa shape index (κ2) is 19.3. The maximum atomic E-state index is 5.44. The first kappa shape index (κ1) is 29.2. The molecule has 2 fully saturated rings. The van der Waals surface area contributed by atoms with Crippen LogP contribution in [-0.2, 0) is 9.47 Å². The molecule has 2 aliphatic heterocycles. The fourth-order valence-electron chi connectivity index (χ4n) is 3.08. The summed E-state index contributed by atoms with van der Waals surface area (Å²) < 4.78 is 10.9. The molecule has 2 aliphatic rings. The second-order valence-electron chi connectivity index (χ2n) is 7.37. The average molecular weight is 492 g/mol. The number of ether oxygens (including phenoxy) is 2. The summed E-state index contributed by atoms with van der Waals surface area (Å²) in [6, 6.07) is 0. The van der Waals surface area contributed by atoms with E-state index in [0.29, 0.717) is 0 Å². The van der Waals surface area contributed by atoms with Crippen molar-refractivity contribution in [2.75, 3.05) is 13.2 Å². The van der Waals surface area contributed by atoms with Gasteiger partial charge in [0.05, 0.1) is 0 Å². The average Bonchev–Trinajstić information content (AvgIpc) is 3.48. The minimum atomic E-state index is -0.720. The predicted octanol–water partition coefficient (Wildman–Crippen LogP) is 7.31. The van der Waals surface area contributed by atoms with Gasteiger partial charge in [0.2, 0.25) is 0 Å². The van der Waals surface area contributed by atoms with Crippen LogP contribution >= 0.6 is 0 Å². The van der Waals surface area contributed by atoms with Crippen molar-refractivity contribution in [3.63, 3.8) is 0 Å². The molecule has 0 amide bonds. The molecule has 2 heterocycles. The van der Waals surface area contributed by atoms with E-state index in [1.165, 1.54) is 51.4 Å².